The fourth-order valence-corrected chi connectivity index (χ4v) is 3.54. The molecule has 0 atom stereocenters. The first-order valence-corrected chi connectivity index (χ1v) is 8.61. The van der Waals surface area contributed by atoms with Crippen molar-refractivity contribution in [2.45, 2.75) is 44.9 Å². The van der Waals surface area contributed by atoms with Gasteiger partial charge in [0.05, 0.1) is 0 Å². The topological polar surface area (TPSA) is 25.2 Å². The molecule has 0 aliphatic rings. The number of benzene rings is 1. The van der Waals surface area contributed by atoms with E-state index in [0.29, 0.717) is 4.75 Å². The summed E-state index contributed by atoms with van der Waals surface area (Å²) in [7, 11) is 0. The molecule has 0 saturated heterocycles. The highest BCUT2D eigenvalue weighted by Gasteiger charge is 2.24. The molecule has 2 rings (SSSR count). The average molecular weight is 291 g/mol. The standard InChI is InChI=1S/C17H25NOS/c1-5-17(6-2,20-4)12-18-11-15-13(3)19-16-10-8-7-9-14(15)16/h7-10,18H,5-6,11-12H2,1-4H3. The van der Waals surface area contributed by atoms with E-state index in [1.54, 1.807) is 0 Å². The highest BCUT2D eigenvalue weighted by molar-refractivity contribution is 8.00. The summed E-state index contributed by atoms with van der Waals surface area (Å²) in [6.45, 7) is 8.53. The van der Waals surface area contributed by atoms with Crippen molar-refractivity contribution in [2.24, 2.45) is 0 Å². The Bertz CT molecular complexity index is 549. The van der Waals surface area contributed by atoms with Crippen LogP contribution in [-0.2, 0) is 6.54 Å². The molecule has 0 radical (unpaired) electrons. The maximum Gasteiger partial charge on any atom is 0.134 e. The maximum absolute atomic E-state index is 5.82. The maximum atomic E-state index is 5.82. The van der Waals surface area contributed by atoms with Gasteiger partial charge in [-0.05, 0) is 32.1 Å². The number of aryl methyl sites for hydroxylation is 1. The lowest BCUT2D eigenvalue weighted by Crippen LogP contribution is -2.36. The largest absolute Gasteiger partial charge is 0.461 e. The lowest BCUT2D eigenvalue weighted by atomic mass is 10.0. The first kappa shape index (κ1) is 15.5. The molecule has 1 heterocycles. The second kappa shape index (κ2) is 6.68. The van der Waals surface area contributed by atoms with Gasteiger partial charge in [0, 0.05) is 28.8 Å². The molecular formula is C17H25NOS. The monoisotopic (exact) mass is 291 g/mol. The normalized spacial score (nSPS) is 12.2. The predicted molar refractivity (Wildman–Crippen MR) is 89.5 cm³/mol. The highest BCUT2D eigenvalue weighted by Crippen LogP contribution is 2.30. The first-order chi connectivity index (χ1) is 9.65. The van der Waals surface area contributed by atoms with Crippen molar-refractivity contribution in [1.82, 2.24) is 5.32 Å². The predicted octanol–water partition coefficient (Wildman–Crippen LogP) is 4.75. The molecule has 110 valence electrons. The van der Waals surface area contributed by atoms with Gasteiger partial charge in [0.1, 0.15) is 11.3 Å². The molecule has 2 nitrogen and oxygen atoms in total. The molecule has 0 unspecified atom stereocenters. The van der Waals surface area contributed by atoms with Crippen LogP contribution in [-0.4, -0.2) is 17.5 Å². The summed E-state index contributed by atoms with van der Waals surface area (Å²) in [6, 6.07) is 8.28. The van der Waals surface area contributed by atoms with Gasteiger partial charge in [0.25, 0.3) is 0 Å². The van der Waals surface area contributed by atoms with Crippen molar-refractivity contribution >= 4 is 22.7 Å². The molecule has 1 aromatic heterocycles. The molecule has 3 heteroatoms. The van der Waals surface area contributed by atoms with Crippen LogP contribution in [0.2, 0.25) is 0 Å². The van der Waals surface area contributed by atoms with E-state index in [0.717, 1.165) is 24.4 Å². The molecule has 2 aromatic rings. The molecule has 1 aromatic carbocycles. The number of para-hydroxylation sites is 1. The molecule has 20 heavy (non-hydrogen) atoms. The Balaban J connectivity index is 2.08. The molecule has 0 aliphatic heterocycles. The molecule has 0 aliphatic carbocycles. The number of thioether (sulfide) groups is 1. The molecule has 0 fully saturated rings. The zero-order chi connectivity index (χ0) is 14.6. The van der Waals surface area contributed by atoms with Gasteiger partial charge in [-0.1, -0.05) is 32.0 Å². The number of hydrogen-bond donors (Lipinski definition) is 1. The Morgan fingerprint density at radius 2 is 1.90 bits per heavy atom. The summed E-state index contributed by atoms with van der Waals surface area (Å²) in [5, 5.41) is 4.87. The van der Waals surface area contributed by atoms with Gasteiger partial charge in [-0.2, -0.15) is 11.8 Å². The second-order valence-electron chi connectivity index (χ2n) is 5.33. The zero-order valence-electron chi connectivity index (χ0n) is 13.0. The van der Waals surface area contributed by atoms with Crippen LogP contribution < -0.4 is 5.32 Å². The Morgan fingerprint density at radius 1 is 1.20 bits per heavy atom. The Morgan fingerprint density at radius 3 is 2.55 bits per heavy atom. The van der Waals surface area contributed by atoms with Crippen LogP contribution in [0.25, 0.3) is 11.0 Å². The van der Waals surface area contributed by atoms with E-state index < -0.39 is 0 Å². The molecule has 0 amide bonds. The Hall–Kier alpha value is -0.930. The lowest BCUT2D eigenvalue weighted by Gasteiger charge is -2.30. The number of hydrogen-bond acceptors (Lipinski definition) is 3. The van der Waals surface area contributed by atoms with Crippen molar-refractivity contribution < 1.29 is 4.42 Å². The van der Waals surface area contributed by atoms with Crippen molar-refractivity contribution in [3.63, 3.8) is 0 Å². The van der Waals surface area contributed by atoms with Gasteiger partial charge < -0.3 is 9.73 Å². The number of nitrogens with one attached hydrogen (secondary N) is 1. The van der Waals surface area contributed by atoms with Crippen LogP contribution in [0.3, 0.4) is 0 Å². The number of rotatable bonds is 7. The van der Waals surface area contributed by atoms with E-state index in [1.165, 1.54) is 23.8 Å². The van der Waals surface area contributed by atoms with E-state index >= 15 is 0 Å². The zero-order valence-corrected chi connectivity index (χ0v) is 13.8. The summed E-state index contributed by atoms with van der Waals surface area (Å²) in [5.41, 5.74) is 2.28. The highest BCUT2D eigenvalue weighted by atomic mass is 32.2. The van der Waals surface area contributed by atoms with Crippen LogP contribution in [0.5, 0.6) is 0 Å². The van der Waals surface area contributed by atoms with E-state index in [4.69, 9.17) is 4.42 Å². The first-order valence-electron chi connectivity index (χ1n) is 7.38. The number of fused-ring (bicyclic) bond motifs is 1. The van der Waals surface area contributed by atoms with Crippen molar-refractivity contribution in [3.8, 4) is 0 Å². The Labute approximate surface area is 126 Å². The SMILES string of the molecule is CCC(CC)(CNCc1c(C)oc2ccccc12)SC. The van der Waals surface area contributed by atoms with Gasteiger partial charge in [0.15, 0.2) is 0 Å². The minimum Gasteiger partial charge on any atom is -0.461 e. The van der Waals surface area contributed by atoms with Crippen molar-refractivity contribution in [1.29, 1.82) is 0 Å². The summed E-state index contributed by atoms with van der Waals surface area (Å²) < 4.78 is 6.17. The van der Waals surface area contributed by atoms with Crippen LogP contribution in [0, 0.1) is 6.92 Å². The van der Waals surface area contributed by atoms with Gasteiger partial charge in [-0.25, -0.2) is 0 Å². The fourth-order valence-electron chi connectivity index (χ4n) is 2.72. The molecule has 0 bridgehead atoms. The lowest BCUT2D eigenvalue weighted by molar-refractivity contribution is 0.491. The minimum absolute atomic E-state index is 0.355. The molecule has 0 saturated carbocycles. The van der Waals surface area contributed by atoms with E-state index in [-0.39, 0.29) is 0 Å². The quantitative estimate of drug-likeness (QED) is 0.796. The number of furan rings is 1. The summed E-state index contributed by atoms with van der Waals surface area (Å²) >= 11 is 1.98. The molecular weight excluding hydrogens is 266 g/mol. The summed E-state index contributed by atoms with van der Waals surface area (Å²) in [6.07, 6.45) is 4.61. The Kier molecular flexibility index (Phi) is 5.17. The van der Waals surface area contributed by atoms with Crippen LogP contribution in [0.15, 0.2) is 28.7 Å². The third-order valence-electron chi connectivity index (χ3n) is 4.37. The van der Waals surface area contributed by atoms with Gasteiger partial charge in [0.2, 0.25) is 0 Å². The average Bonchev–Trinajstić information content (AvgIpc) is 2.80. The van der Waals surface area contributed by atoms with Gasteiger partial charge in [-0.3, -0.25) is 0 Å². The fraction of sp³-hybridized carbons (Fsp3) is 0.529. The third-order valence-corrected chi connectivity index (χ3v) is 5.96. The van der Waals surface area contributed by atoms with Crippen molar-refractivity contribution in [3.05, 3.63) is 35.6 Å². The smallest absolute Gasteiger partial charge is 0.134 e. The second-order valence-corrected chi connectivity index (χ2v) is 6.61. The van der Waals surface area contributed by atoms with Crippen LogP contribution in [0.4, 0.5) is 0 Å². The molecule has 1 N–H and O–H groups in total. The van der Waals surface area contributed by atoms with Gasteiger partial charge >= 0.3 is 0 Å². The van der Waals surface area contributed by atoms with Crippen LogP contribution >= 0.6 is 11.8 Å². The summed E-state index contributed by atoms with van der Waals surface area (Å²) in [5.74, 6) is 1.03. The third kappa shape index (κ3) is 3.04. The van der Waals surface area contributed by atoms with Crippen molar-refractivity contribution in [2.75, 3.05) is 12.8 Å². The molecule has 0 spiro atoms. The minimum atomic E-state index is 0.355. The van der Waals surface area contributed by atoms with E-state index in [2.05, 4.69) is 44.5 Å². The van der Waals surface area contributed by atoms with Crippen LogP contribution in [0.1, 0.15) is 38.0 Å². The van der Waals surface area contributed by atoms with E-state index in [1.807, 2.05) is 23.9 Å². The van der Waals surface area contributed by atoms with E-state index in [9.17, 15) is 0 Å². The van der Waals surface area contributed by atoms with Gasteiger partial charge in [-0.15, -0.1) is 0 Å². The summed E-state index contributed by atoms with van der Waals surface area (Å²) in [4.78, 5) is 0.